The van der Waals surface area contributed by atoms with Crippen molar-refractivity contribution in [2.45, 2.75) is 0 Å². The first kappa shape index (κ1) is 12.2. The number of rotatable bonds is 3. The Kier molecular flexibility index (Phi) is 3.09. The molecule has 0 fully saturated rings. The highest BCUT2D eigenvalue weighted by Gasteiger charge is 2.24. The molecular weight excluding hydrogens is 254 g/mol. The van der Waals surface area contributed by atoms with Gasteiger partial charge in [0.15, 0.2) is 0 Å². The Morgan fingerprint density at radius 2 is 2.10 bits per heavy atom. The predicted octanol–water partition coefficient (Wildman–Crippen LogP) is 2.50. The summed E-state index contributed by atoms with van der Waals surface area (Å²) in [5, 5.41) is 5.82. The fraction of sp³-hybridized carbons (Fsp3) is 0.0667. The number of carbonyl (C=O) groups excluding carboxylic acids is 1. The standard InChI is InChI=1S/C15H13N3O2/c1-20-13-7-3-2-6-12(13)17-9-11-10-5-4-8-16-14(10)18-15(11)19/h2-9,17H,1H3,(H,16,18,19). The third-order valence-corrected chi connectivity index (χ3v) is 3.05. The summed E-state index contributed by atoms with van der Waals surface area (Å²) in [5.74, 6) is 1.14. The van der Waals surface area contributed by atoms with Gasteiger partial charge >= 0.3 is 0 Å². The highest BCUT2D eigenvalue weighted by molar-refractivity contribution is 6.31. The number of benzene rings is 1. The number of hydrogen-bond donors (Lipinski definition) is 2. The number of amides is 1. The number of anilines is 2. The van der Waals surface area contributed by atoms with Crippen molar-refractivity contribution in [3.63, 3.8) is 0 Å². The Balaban J connectivity index is 1.92. The van der Waals surface area contributed by atoms with Gasteiger partial charge in [-0.05, 0) is 24.3 Å². The van der Waals surface area contributed by atoms with Crippen LogP contribution in [0.2, 0.25) is 0 Å². The SMILES string of the molecule is COc1ccccc1NC=C1C(=O)Nc2ncccc21. The summed E-state index contributed by atoms with van der Waals surface area (Å²) >= 11 is 0. The van der Waals surface area contributed by atoms with E-state index in [1.807, 2.05) is 30.3 Å². The molecule has 3 rings (SSSR count). The summed E-state index contributed by atoms with van der Waals surface area (Å²) in [7, 11) is 1.61. The number of pyridine rings is 1. The molecule has 1 amide bonds. The Morgan fingerprint density at radius 3 is 2.95 bits per heavy atom. The predicted molar refractivity (Wildman–Crippen MR) is 77.5 cm³/mol. The summed E-state index contributed by atoms with van der Waals surface area (Å²) in [5.41, 5.74) is 2.14. The van der Waals surface area contributed by atoms with Crippen LogP contribution in [0.5, 0.6) is 5.75 Å². The molecule has 0 spiro atoms. The molecule has 1 aliphatic heterocycles. The maximum absolute atomic E-state index is 11.9. The minimum Gasteiger partial charge on any atom is -0.495 e. The van der Waals surface area contributed by atoms with Crippen LogP contribution in [0.4, 0.5) is 11.5 Å². The van der Waals surface area contributed by atoms with Crippen LogP contribution in [0.3, 0.4) is 0 Å². The second-order valence-electron chi connectivity index (χ2n) is 4.26. The van der Waals surface area contributed by atoms with E-state index in [1.54, 1.807) is 25.6 Å². The zero-order chi connectivity index (χ0) is 13.9. The van der Waals surface area contributed by atoms with Gasteiger partial charge in [0.25, 0.3) is 5.91 Å². The van der Waals surface area contributed by atoms with E-state index >= 15 is 0 Å². The summed E-state index contributed by atoms with van der Waals surface area (Å²) in [6.45, 7) is 0. The van der Waals surface area contributed by atoms with Crippen LogP contribution in [0, 0.1) is 0 Å². The molecule has 0 radical (unpaired) electrons. The molecule has 1 aromatic carbocycles. The number of fused-ring (bicyclic) bond motifs is 1. The van der Waals surface area contributed by atoms with Crippen molar-refractivity contribution in [2.24, 2.45) is 0 Å². The summed E-state index contributed by atoms with van der Waals surface area (Å²) in [4.78, 5) is 16.0. The van der Waals surface area contributed by atoms with Crippen molar-refractivity contribution in [1.29, 1.82) is 0 Å². The van der Waals surface area contributed by atoms with Crippen LogP contribution >= 0.6 is 0 Å². The third-order valence-electron chi connectivity index (χ3n) is 3.05. The average molecular weight is 267 g/mol. The zero-order valence-corrected chi connectivity index (χ0v) is 10.9. The first-order valence-electron chi connectivity index (χ1n) is 6.16. The monoisotopic (exact) mass is 267 g/mol. The molecule has 1 aliphatic rings. The molecule has 0 bridgehead atoms. The molecule has 5 nitrogen and oxygen atoms in total. The zero-order valence-electron chi connectivity index (χ0n) is 10.9. The highest BCUT2D eigenvalue weighted by atomic mass is 16.5. The normalized spacial score (nSPS) is 14.8. The molecule has 2 N–H and O–H groups in total. The van der Waals surface area contributed by atoms with Crippen LogP contribution in [-0.4, -0.2) is 18.0 Å². The van der Waals surface area contributed by atoms with Gasteiger partial charge in [0, 0.05) is 18.0 Å². The number of aromatic nitrogens is 1. The van der Waals surface area contributed by atoms with Gasteiger partial charge in [-0.25, -0.2) is 4.98 Å². The van der Waals surface area contributed by atoms with Crippen molar-refractivity contribution in [3.05, 3.63) is 54.4 Å². The second kappa shape index (κ2) is 5.05. The number of para-hydroxylation sites is 2. The molecular formula is C15H13N3O2. The molecule has 100 valence electrons. The quantitative estimate of drug-likeness (QED) is 0.839. The average Bonchev–Trinajstić information content (AvgIpc) is 2.81. The number of hydrogen-bond acceptors (Lipinski definition) is 4. The smallest absolute Gasteiger partial charge is 0.259 e. The number of nitrogens with zero attached hydrogens (tertiary/aromatic N) is 1. The number of carbonyl (C=O) groups is 1. The number of nitrogens with one attached hydrogen (secondary N) is 2. The van der Waals surface area contributed by atoms with Gasteiger partial charge in [-0.2, -0.15) is 0 Å². The Bertz CT molecular complexity index is 695. The van der Waals surface area contributed by atoms with E-state index in [0.717, 1.165) is 11.3 Å². The lowest BCUT2D eigenvalue weighted by atomic mass is 10.1. The van der Waals surface area contributed by atoms with Crippen molar-refractivity contribution in [1.82, 2.24) is 4.98 Å². The van der Waals surface area contributed by atoms with E-state index in [-0.39, 0.29) is 5.91 Å². The van der Waals surface area contributed by atoms with E-state index in [4.69, 9.17) is 4.74 Å². The molecule has 2 aromatic rings. The van der Waals surface area contributed by atoms with Gasteiger partial charge in [0.1, 0.15) is 11.6 Å². The van der Waals surface area contributed by atoms with Crippen LogP contribution < -0.4 is 15.4 Å². The lowest BCUT2D eigenvalue weighted by molar-refractivity contribution is -0.110. The molecule has 1 aromatic heterocycles. The number of ether oxygens (including phenoxy) is 1. The van der Waals surface area contributed by atoms with Crippen LogP contribution in [0.1, 0.15) is 5.56 Å². The van der Waals surface area contributed by atoms with Gasteiger partial charge in [-0.3, -0.25) is 4.79 Å². The van der Waals surface area contributed by atoms with Crippen molar-refractivity contribution < 1.29 is 9.53 Å². The molecule has 5 heteroatoms. The Labute approximate surface area is 116 Å². The molecule has 0 saturated heterocycles. The van der Waals surface area contributed by atoms with E-state index in [1.165, 1.54) is 0 Å². The molecule has 0 unspecified atom stereocenters. The fourth-order valence-corrected chi connectivity index (χ4v) is 2.08. The topological polar surface area (TPSA) is 63.2 Å². The second-order valence-corrected chi connectivity index (χ2v) is 4.26. The molecule has 0 saturated carbocycles. The minimum absolute atomic E-state index is 0.166. The molecule has 0 aliphatic carbocycles. The molecule has 2 heterocycles. The Hall–Kier alpha value is -2.82. The van der Waals surface area contributed by atoms with E-state index in [0.29, 0.717) is 17.1 Å². The number of methoxy groups -OCH3 is 1. The summed E-state index contributed by atoms with van der Waals surface area (Å²) < 4.78 is 5.25. The van der Waals surface area contributed by atoms with Crippen LogP contribution in [-0.2, 0) is 4.79 Å². The van der Waals surface area contributed by atoms with E-state index < -0.39 is 0 Å². The van der Waals surface area contributed by atoms with E-state index in [2.05, 4.69) is 15.6 Å². The lowest BCUT2D eigenvalue weighted by Gasteiger charge is -2.07. The van der Waals surface area contributed by atoms with Gasteiger partial charge in [0.05, 0.1) is 18.4 Å². The third kappa shape index (κ3) is 2.09. The summed E-state index contributed by atoms with van der Waals surface area (Å²) in [6, 6.07) is 11.2. The highest BCUT2D eigenvalue weighted by Crippen LogP contribution is 2.30. The van der Waals surface area contributed by atoms with Gasteiger partial charge in [-0.1, -0.05) is 12.1 Å². The van der Waals surface area contributed by atoms with Crippen LogP contribution in [0.15, 0.2) is 48.8 Å². The molecule has 0 atom stereocenters. The van der Waals surface area contributed by atoms with Crippen molar-refractivity contribution in [2.75, 3.05) is 17.7 Å². The Morgan fingerprint density at radius 1 is 1.25 bits per heavy atom. The summed E-state index contributed by atoms with van der Waals surface area (Å²) in [6.07, 6.45) is 3.32. The lowest BCUT2D eigenvalue weighted by Crippen LogP contribution is -2.05. The van der Waals surface area contributed by atoms with Crippen molar-refractivity contribution in [3.8, 4) is 5.75 Å². The first-order chi connectivity index (χ1) is 9.79. The van der Waals surface area contributed by atoms with Gasteiger partial charge in [-0.15, -0.1) is 0 Å². The molecule has 20 heavy (non-hydrogen) atoms. The van der Waals surface area contributed by atoms with Gasteiger partial charge < -0.3 is 15.4 Å². The maximum atomic E-state index is 11.9. The van der Waals surface area contributed by atoms with Gasteiger partial charge in [0.2, 0.25) is 0 Å². The van der Waals surface area contributed by atoms with E-state index in [9.17, 15) is 4.79 Å². The largest absolute Gasteiger partial charge is 0.495 e. The van der Waals surface area contributed by atoms with Crippen molar-refractivity contribution >= 4 is 23.0 Å². The van der Waals surface area contributed by atoms with Crippen LogP contribution in [0.25, 0.3) is 5.57 Å². The fourth-order valence-electron chi connectivity index (χ4n) is 2.08. The first-order valence-corrected chi connectivity index (χ1v) is 6.16. The minimum atomic E-state index is -0.166. The maximum Gasteiger partial charge on any atom is 0.259 e.